The van der Waals surface area contributed by atoms with Crippen LogP contribution >= 0.6 is 0 Å². The summed E-state index contributed by atoms with van der Waals surface area (Å²) in [6.45, 7) is 1.25. The lowest BCUT2D eigenvalue weighted by atomic mass is 9.79. The molecule has 0 aromatic heterocycles. The van der Waals surface area contributed by atoms with Crippen molar-refractivity contribution in [2.45, 2.75) is 25.7 Å². The summed E-state index contributed by atoms with van der Waals surface area (Å²) < 4.78 is 0. The Balaban J connectivity index is 2.32. The van der Waals surface area contributed by atoms with Crippen molar-refractivity contribution < 1.29 is 14.7 Å². The first kappa shape index (κ1) is 13.8. The van der Waals surface area contributed by atoms with Gasteiger partial charge in [0.25, 0.3) is 0 Å². The number of carboxylic acids is 1. The zero-order chi connectivity index (χ0) is 12.7. The van der Waals surface area contributed by atoms with E-state index in [0.29, 0.717) is 26.1 Å². The van der Waals surface area contributed by atoms with Crippen LogP contribution in [0.5, 0.6) is 0 Å². The zero-order valence-electron chi connectivity index (χ0n) is 9.95. The molecule has 1 rings (SSSR count). The van der Waals surface area contributed by atoms with E-state index >= 15 is 0 Å². The number of rotatable bonds is 5. The molecule has 1 aliphatic rings. The van der Waals surface area contributed by atoms with Crippen molar-refractivity contribution >= 4 is 12.0 Å². The quantitative estimate of drug-likeness (QED) is 0.551. The molecule has 2 atom stereocenters. The molecule has 0 aromatic rings. The van der Waals surface area contributed by atoms with Gasteiger partial charge in [0.15, 0.2) is 0 Å². The molecule has 2 amide bonds. The Labute approximate surface area is 101 Å². The van der Waals surface area contributed by atoms with Crippen molar-refractivity contribution in [2.24, 2.45) is 17.6 Å². The molecule has 0 saturated heterocycles. The number of carbonyl (C=O) groups excluding carboxylic acids is 1. The molecule has 0 heterocycles. The summed E-state index contributed by atoms with van der Waals surface area (Å²) >= 11 is 0. The van der Waals surface area contributed by atoms with Crippen molar-refractivity contribution in [1.29, 1.82) is 0 Å². The Hall–Kier alpha value is -1.30. The smallest absolute Gasteiger partial charge is 0.314 e. The summed E-state index contributed by atoms with van der Waals surface area (Å²) in [7, 11) is 0. The number of aliphatic carboxylic acids is 1. The lowest BCUT2D eigenvalue weighted by Crippen LogP contribution is -2.43. The van der Waals surface area contributed by atoms with Crippen molar-refractivity contribution in [1.82, 2.24) is 10.6 Å². The van der Waals surface area contributed by atoms with E-state index in [2.05, 4.69) is 10.6 Å². The van der Waals surface area contributed by atoms with E-state index in [1.165, 1.54) is 0 Å². The van der Waals surface area contributed by atoms with Gasteiger partial charge in [-0.3, -0.25) is 4.79 Å². The molecular weight excluding hydrogens is 222 g/mol. The van der Waals surface area contributed by atoms with Gasteiger partial charge < -0.3 is 21.5 Å². The van der Waals surface area contributed by atoms with Crippen LogP contribution in [0.3, 0.4) is 0 Å². The first-order chi connectivity index (χ1) is 8.15. The fraction of sp³-hybridized carbons (Fsp3) is 0.818. The standard InChI is InChI=1S/C11H21N3O3/c12-5-6-13-11(17)14-7-8-3-1-2-4-9(8)10(15)16/h8-9H,1-7,12H2,(H,15,16)(H2,13,14,17). The normalized spacial score (nSPS) is 24.1. The van der Waals surface area contributed by atoms with Crippen LogP contribution in [-0.2, 0) is 4.79 Å². The second kappa shape index (κ2) is 7.11. The Morgan fingerprint density at radius 1 is 1.24 bits per heavy atom. The van der Waals surface area contributed by atoms with E-state index in [4.69, 9.17) is 10.8 Å². The molecule has 1 saturated carbocycles. The first-order valence-corrected chi connectivity index (χ1v) is 6.09. The summed E-state index contributed by atoms with van der Waals surface area (Å²) in [6, 6.07) is -0.273. The summed E-state index contributed by atoms with van der Waals surface area (Å²) in [4.78, 5) is 22.3. The number of nitrogens with two attached hydrogens (primary N) is 1. The van der Waals surface area contributed by atoms with E-state index in [-0.39, 0.29) is 17.9 Å². The monoisotopic (exact) mass is 243 g/mol. The van der Waals surface area contributed by atoms with Gasteiger partial charge in [-0.25, -0.2) is 4.79 Å². The predicted molar refractivity (Wildman–Crippen MR) is 63.5 cm³/mol. The van der Waals surface area contributed by atoms with Crippen LogP contribution in [0.1, 0.15) is 25.7 Å². The minimum Gasteiger partial charge on any atom is -0.481 e. The van der Waals surface area contributed by atoms with E-state index in [1.54, 1.807) is 0 Å². The molecule has 98 valence electrons. The van der Waals surface area contributed by atoms with Crippen LogP contribution in [0.15, 0.2) is 0 Å². The maximum absolute atomic E-state index is 11.3. The largest absolute Gasteiger partial charge is 0.481 e. The fourth-order valence-electron chi connectivity index (χ4n) is 2.25. The van der Waals surface area contributed by atoms with Gasteiger partial charge in [-0.15, -0.1) is 0 Å². The minimum absolute atomic E-state index is 0.0462. The van der Waals surface area contributed by atoms with Gasteiger partial charge in [-0.2, -0.15) is 0 Å². The molecule has 0 aliphatic heterocycles. The average molecular weight is 243 g/mol. The molecule has 6 heteroatoms. The summed E-state index contributed by atoms with van der Waals surface area (Å²) in [5.74, 6) is -1.03. The summed E-state index contributed by atoms with van der Waals surface area (Å²) in [6.07, 6.45) is 3.59. The molecule has 17 heavy (non-hydrogen) atoms. The van der Waals surface area contributed by atoms with E-state index < -0.39 is 5.97 Å². The highest BCUT2D eigenvalue weighted by molar-refractivity contribution is 5.74. The van der Waals surface area contributed by atoms with Crippen LogP contribution in [0.4, 0.5) is 4.79 Å². The molecule has 6 nitrogen and oxygen atoms in total. The Kier molecular flexibility index (Phi) is 5.76. The summed E-state index contributed by atoms with van der Waals surface area (Å²) in [5.41, 5.74) is 5.26. The van der Waals surface area contributed by atoms with Gasteiger partial charge in [0.1, 0.15) is 0 Å². The highest BCUT2D eigenvalue weighted by Crippen LogP contribution is 2.29. The van der Waals surface area contributed by atoms with Gasteiger partial charge in [0.05, 0.1) is 5.92 Å². The number of amides is 2. The van der Waals surface area contributed by atoms with Crippen LogP contribution < -0.4 is 16.4 Å². The Morgan fingerprint density at radius 3 is 2.59 bits per heavy atom. The van der Waals surface area contributed by atoms with Crippen molar-refractivity contribution in [2.75, 3.05) is 19.6 Å². The number of hydrogen-bond donors (Lipinski definition) is 4. The van der Waals surface area contributed by atoms with Gasteiger partial charge in [-0.1, -0.05) is 12.8 Å². The Bertz CT molecular complexity index is 271. The number of carbonyl (C=O) groups is 2. The van der Waals surface area contributed by atoms with E-state index in [1.807, 2.05) is 0 Å². The maximum atomic E-state index is 11.3. The molecule has 0 spiro atoms. The van der Waals surface area contributed by atoms with Crippen LogP contribution in [0, 0.1) is 11.8 Å². The highest BCUT2D eigenvalue weighted by Gasteiger charge is 2.30. The molecule has 1 fully saturated rings. The number of carboxylic acid groups (broad SMARTS) is 1. The van der Waals surface area contributed by atoms with Crippen LogP contribution in [-0.4, -0.2) is 36.7 Å². The van der Waals surface area contributed by atoms with Crippen molar-refractivity contribution in [3.05, 3.63) is 0 Å². The van der Waals surface area contributed by atoms with Crippen LogP contribution in [0.2, 0.25) is 0 Å². The van der Waals surface area contributed by atoms with Gasteiger partial charge in [0.2, 0.25) is 0 Å². The van der Waals surface area contributed by atoms with Gasteiger partial charge >= 0.3 is 12.0 Å². The second-order valence-electron chi connectivity index (χ2n) is 4.41. The van der Waals surface area contributed by atoms with Crippen molar-refractivity contribution in [3.63, 3.8) is 0 Å². The zero-order valence-corrected chi connectivity index (χ0v) is 9.95. The molecule has 2 unspecified atom stereocenters. The second-order valence-corrected chi connectivity index (χ2v) is 4.41. The Morgan fingerprint density at radius 2 is 1.94 bits per heavy atom. The third-order valence-corrected chi connectivity index (χ3v) is 3.18. The molecule has 0 aromatic carbocycles. The maximum Gasteiger partial charge on any atom is 0.314 e. The number of nitrogens with one attached hydrogen (secondary N) is 2. The van der Waals surface area contributed by atoms with Crippen molar-refractivity contribution in [3.8, 4) is 0 Å². The van der Waals surface area contributed by atoms with Crippen LogP contribution in [0.25, 0.3) is 0 Å². The number of urea groups is 1. The first-order valence-electron chi connectivity index (χ1n) is 6.09. The lowest BCUT2D eigenvalue weighted by molar-refractivity contribution is -0.144. The fourth-order valence-corrected chi connectivity index (χ4v) is 2.25. The van der Waals surface area contributed by atoms with Gasteiger partial charge in [0, 0.05) is 19.6 Å². The van der Waals surface area contributed by atoms with Gasteiger partial charge in [-0.05, 0) is 18.8 Å². The average Bonchev–Trinajstić information content (AvgIpc) is 2.34. The third kappa shape index (κ3) is 4.60. The topological polar surface area (TPSA) is 104 Å². The number of hydrogen-bond acceptors (Lipinski definition) is 3. The lowest BCUT2D eigenvalue weighted by Gasteiger charge is -2.28. The molecular formula is C11H21N3O3. The van der Waals surface area contributed by atoms with E-state index in [9.17, 15) is 9.59 Å². The molecule has 0 radical (unpaired) electrons. The SMILES string of the molecule is NCCNC(=O)NCC1CCCCC1C(=O)O. The minimum atomic E-state index is -0.751. The van der Waals surface area contributed by atoms with E-state index in [0.717, 1.165) is 19.3 Å². The molecule has 5 N–H and O–H groups in total. The summed E-state index contributed by atoms with van der Waals surface area (Å²) in [5, 5.41) is 14.4. The highest BCUT2D eigenvalue weighted by atomic mass is 16.4. The molecule has 0 bridgehead atoms. The molecule has 1 aliphatic carbocycles. The predicted octanol–water partition coefficient (Wildman–Crippen LogP) is 0.135. The third-order valence-electron chi connectivity index (χ3n) is 3.18.